The number of nitrogens with zero attached hydrogens (tertiary/aromatic N) is 4. The largest absolute Gasteiger partial charge is 0.466 e. The van der Waals surface area contributed by atoms with Crippen molar-refractivity contribution >= 4 is 23.1 Å². The smallest absolute Gasteiger partial charge is 0.302 e. The second-order valence-electron chi connectivity index (χ2n) is 9.45. The summed E-state index contributed by atoms with van der Waals surface area (Å²) in [6, 6.07) is 13.0. The number of allylic oxidation sites excluding steroid dienone is 2. The summed E-state index contributed by atoms with van der Waals surface area (Å²) in [5.74, 6) is -0.161. The number of hydrogen-bond acceptors (Lipinski definition) is 7. The van der Waals surface area contributed by atoms with E-state index in [1.54, 1.807) is 12.1 Å². The van der Waals surface area contributed by atoms with E-state index in [1.807, 2.05) is 30.3 Å². The summed E-state index contributed by atoms with van der Waals surface area (Å²) in [6.07, 6.45) is 8.55. The Morgan fingerprint density at radius 3 is 2.29 bits per heavy atom. The molecule has 1 aliphatic heterocycles. The number of carbonyl (C=O) groups excluding carboxylic acids is 2. The lowest BCUT2D eigenvalue weighted by Crippen LogP contribution is -2.30. The zero-order valence-corrected chi connectivity index (χ0v) is 22.7. The van der Waals surface area contributed by atoms with Gasteiger partial charge in [-0.05, 0) is 49.3 Å². The minimum atomic E-state index is -0.497. The Labute approximate surface area is 226 Å². The molecule has 0 saturated heterocycles. The van der Waals surface area contributed by atoms with Crippen LogP contribution in [-0.4, -0.2) is 31.6 Å². The zero-order valence-electron chi connectivity index (χ0n) is 22.7. The van der Waals surface area contributed by atoms with E-state index >= 15 is 0 Å². The molecule has 38 heavy (non-hydrogen) atoms. The normalized spacial score (nSPS) is 13.3. The molecule has 1 aromatic rings. The lowest BCUT2D eigenvalue weighted by molar-refractivity contribution is -0.141. The van der Waals surface area contributed by atoms with Crippen LogP contribution in [0.2, 0.25) is 0 Å². The maximum absolute atomic E-state index is 12.7. The van der Waals surface area contributed by atoms with Crippen molar-refractivity contribution in [3.05, 3.63) is 46.7 Å². The maximum Gasteiger partial charge on any atom is 0.302 e. The molecule has 0 fully saturated rings. The Morgan fingerprint density at radius 1 is 1.03 bits per heavy atom. The maximum atomic E-state index is 12.7. The Balaban J connectivity index is 2.23. The molecule has 0 spiro atoms. The number of ether oxygens (including phenoxy) is 1. The number of unbranched alkanes of at least 4 members (excludes halogenated alkanes) is 4. The molecule has 1 amide bonds. The molecule has 1 unspecified atom stereocenters. The van der Waals surface area contributed by atoms with Crippen LogP contribution in [0.15, 0.2) is 41.1 Å². The highest BCUT2D eigenvalue weighted by molar-refractivity contribution is 6.26. The molecular formula is C30H37N5O3. The van der Waals surface area contributed by atoms with E-state index in [1.165, 1.54) is 26.2 Å². The molecule has 2 rings (SSSR count). The summed E-state index contributed by atoms with van der Waals surface area (Å²) in [5, 5.41) is 30.6. The Bertz CT molecular complexity index is 1150. The lowest BCUT2D eigenvalue weighted by atomic mass is 9.97. The molecule has 0 saturated carbocycles. The van der Waals surface area contributed by atoms with Crippen LogP contribution in [0.1, 0.15) is 77.7 Å². The highest BCUT2D eigenvalue weighted by atomic mass is 16.5. The topological polar surface area (TPSA) is 130 Å². The molecule has 0 bridgehead atoms. The summed E-state index contributed by atoms with van der Waals surface area (Å²) in [7, 11) is 0. The van der Waals surface area contributed by atoms with Crippen molar-refractivity contribution in [2.45, 2.75) is 72.1 Å². The first kappa shape index (κ1) is 30.1. The number of hydrogen-bond donors (Lipinski definition) is 1. The third kappa shape index (κ3) is 8.49. The van der Waals surface area contributed by atoms with Crippen molar-refractivity contribution in [2.24, 2.45) is 5.92 Å². The Kier molecular flexibility index (Phi) is 12.6. The third-order valence-corrected chi connectivity index (χ3v) is 6.72. The van der Waals surface area contributed by atoms with Crippen LogP contribution in [0.4, 0.5) is 5.69 Å². The molecule has 8 nitrogen and oxygen atoms in total. The molecule has 0 aromatic heterocycles. The molecule has 200 valence electrons. The van der Waals surface area contributed by atoms with Crippen LogP contribution in [0.25, 0.3) is 5.57 Å². The summed E-state index contributed by atoms with van der Waals surface area (Å²) < 4.78 is 5.02. The average molecular weight is 516 g/mol. The van der Waals surface area contributed by atoms with E-state index < -0.39 is 5.91 Å². The number of anilines is 1. The van der Waals surface area contributed by atoms with Gasteiger partial charge in [0.25, 0.3) is 5.91 Å². The highest BCUT2D eigenvalue weighted by Crippen LogP contribution is 2.31. The fourth-order valence-corrected chi connectivity index (χ4v) is 4.56. The van der Waals surface area contributed by atoms with Crippen molar-refractivity contribution in [3.63, 3.8) is 0 Å². The molecule has 0 radical (unpaired) electrons. The fraction of sp³-hybridized carbons (Fsp3) is 0.500. The number of benzene rings is 1. The first-order chi connectivity index (χ1) is 18.4. The van der Waals surface area contributed by atoms with E-state index in [0.29, 0.717) is 18.1 Å². The van der Waals surface area contributed by atoms with E-state index in [4.69, 9.17) is 4.74 Å². The fourth-order valence-electron chi connectivity index (χ4n) is 4.56. The van der Waals surface area contributed by atoms with E-state index in [-0.39, 0.29) is 28.4 Å². The van der Waals surface area contributed by atoms with Crippen LogP contribution in [0, 0.1) is 39.9 Å². The molecular weight excluding hydrogens is 478 g/mol. The van der Waals surface area contributed by atoms with Gasteiger partial charge in [0.05, 0.1) is 23.5 Å². The Morgan fingerprint density at radius 2 is 1.71 bits per heavy atom. The number of rotatable bonds is 15. The van der Waals surface area contributed by atoms with Gasteiger partial charge in [-0.2, -0.15) is 15.8 Å². The van der Waals surface area contributed by atoms with E-state index in [9.17, 15) is 25.4 Å². The molecule has 1 atom stereocenters. The van der Waals surface area contributed by atoms with Crippen LogP contribution in [-0.2, 0) is 14.3 Å². The first-order valence-electron chi connectivity index (χ1n) is 13.4. The summed E-state index contributed by atoms with van der Waals surface area (Å²) in [4.78, 5) is 26.0. The summed E-state index contributed by atoms with van der Waals surface area (Å²) >= 11 is 0. The molecule has 1 aliphatic rings. The SMILES string of the molecule is CCCCC(CC)CN(CCCCCCOC(C)=O)c1ccc(C2=C(C#N)C(=C(C#N)C#N)NC2=O)cc1. The molecule has 8 heteroatoms. The quantitative estimate of drug-likeness (QED) is 0.184. The first-order valence-corrected chi connectivity index (χ1v) is 13.4. The number of nitriles is 3. The number of carbonyl (C=O) groups is 2. The van der Waals surface area contributed by atoms with Gasteiger partial charge in [-0.15, -0.1) is 0 Å². The van der Waals surface area contributed by atoms with Gasteiger partial charge in [0.1, 0.15) is 18.2 Å². The van der Waals surface area contributed by atoms with Gasteiger partial charge in [0, 0.05) is 25.7 Å². The molecule has 1 aromatic carbocycles. The van der Waals surface area contributed by atoms with Gasteiger partial charge in [-0.1, -0.05) is 51.7 Å². The molecule has 0 aliphatic carbocycles. The minimum absolute atomic E-state index is 0.0112. The molecule has 1 N–H and O–H groups in total. The number of amides is 1. The van der Waals surface area contributed by atoms with Crippen LogP contribution in [0.5, 0.6) is 0 Å². The van der Waals surface area contributed by atoms with Gasteiger partial charge in [-0.25, -0.2) is 0 Å². The average Bonchev–Trinajstić information content (AvgIpc) is 3.25. The second-order valence-corrected chi connectivity index (χ2v) is 9.45. The van der Waals surface area contributed by atoms with Crippen LogP contribution >= 0.6 is 0 Å². The van der Waals surface area contributed by atoms with Crippen LogP contribution in [0.3, 0.4) is 0 Å². The van der Waals surface area contributed by atoms with Crippen molar-refractivity contribution in [3.8, 4) is 18.2 Å². The van der Waals surface area contributed by atoms with Gasteiger partial charge in [-0.3, -0.25) is 9.59 Å². The predicted octanol–water partition coefficient (Wildman–Crippen LogP) is 5.54. The minimum Gasteiger partial charge on any atom is -0.466 e. The monoisotopic (exact) mass is 515 g/mol. The summed E-state index contributed by atoms with van der Waals surface area (Å²) in [6.45, 7) is 8.16. The van der Waals surface area contributed by atoms with E-state index in [0.717, 1.165) is 50.9 Å². The van der Waals surface area contributed by atoms with Gasteiger partial charge >= 0.3 is 5.97 Å². The van der Waals surface area contributed by atoms with Gasteiger partial charge < -0.3 is 15.0 Å². The zero-order chi connectivity index (χ0) is 27.9. The second kappa shape index (κ2) is 15.9. The van der Waals surface area contributed by atoms with Gasteiger partial charge in [0.2, 0.25) is 0 Å². The third-order valence-electron chi connectivity index (χ3n) is 6.72. The molecule has 1 heterocycles. The van der Waals surface area contributed by atoms with Gasteiger partial charge in [0.15, 0.2) is 5.57 Å². The van der Waals surface area contributed by atoms with Crippen molar-refractivity contribution < 1.29 is 14.3 Å². The van der Waals surface area contributed by atoms with Crippen molar-refractivity contribution in [1.82, 2.24) is 5.32 Å². The predicted molar refractivity (Wildman–Crippen MR) is 146 cm³/mol. The number of nitrogens with one attached hydrogen (secondary N) is 1. The van der Waals surface area contributed by atoms with Crippen LogP contribution < -0.4 is 10.2 Å². The highest BCUT2D eigenvalue weighted by Gasteiger charge is 2.31. The van der Waals surface area contributed by atoms with Crippen molar-refractivity contribution in [1.29, 1.82) is 15.8 Å². The van der Waals surface area contributed by atoms with Crippen molar-refractivity contribution in [2.75, 3.05) is 24.6 Å². The Hall–Kier alpha value is -4.09. The standard InChI is InChI=1S/C30H37N5O3/c1-4-6-11-23(5-2)21-35(16-9-7-8-10-17-38-22(3)36)26-14-12-24(13-15-26)28-27(20-33)29(34-30(28)37)25(18-31)19-32/h12-15,23H,4-11,16-17,21H2,1-3H3,(H,34,37). The number of esters is 1. The lowest BCUT2D eigenvalue weighted by Gasteiger charge is -2.29. The van der Waals surface area contributed by atoms with E-state index in [2.05, 4.69) is 24.1 Å². The summed E-state index contributed by atoms with van der Waals surface area (Å²) in [5.41, 5.74) is 1.47.